The van der Waals surface area contributed by atoms with Gasteiger partial charge in [-0.3, -0.25) is 4.79 Å². The minimum Gasteiger partial charge on any atom is -0.497 e. The van der Waals surface area contributed by atoms with E-state index in [1.54, 1.807) is 21.3 Å². The van der Waals surface area contributed by atoms with Crippen LogP contribution in [0.5, 0.6) is 17.2 Å². The number of benzene rings is 3. The van der Waals surface area contributed by atoms with Crippen LogP contribution >= 0.6 is 0 Å². The molecular weight excluding hydrogens is 428 g/mol. The van der Waals surface area contributed by atoms with Gasteiger partial charge in [-0.05, 0) is 48.4 Å². The van der Waals surface area contributed by atoms with Gasteiger partial charge in [0.15, 0.2) is 5.78 Å². The summed E-state index contributed by atoms with van der Waals surface area (Å²) in [5.41, 5.74) is 5.42. The Morgan fingerprint density at radius 1 is 0.765 bits per heavy atom. The molecule has 1 heterocycles. The fourth-order valence-corrected chi connectivity index (χ4v) is 5.01. The lowest BCUT2D eigenvalue weighted by atomic mass is 9.78. The van der Waals surface area contributed by atoms with E-state index in [1.807, 2.05) is 66.7 Å². The number of hydrogen-bond acceptors (Lipinski definition) is 6. The highest BCUT2D eigenvalue weighted by Crippen LogP contribution is 2.47. The van der Waals surface area contributed by atoms with E-state index in [0.717, 1.165) is 39.5 Å². The molecule has 6 heteroatoms. The van der Waals surface area contributed by atoms with Crippen LogP contribution in [0.4, 0.5) is 11.4 Å². The average Bonchev–Trinajstić information content (AvgIpc) is 3.05. The van der Waals surface area contributed by atoms with Crippen molar-refractivity contribution < 1.29 is 19.0 Å². The van der Waals surface area contributed by atoms with Crippen LogP contribution in [0, 0.1) is 0 Å². The Balaban J connectivity index is 1.65. The van der Waals surface area contributed by atoms with Crippen molar-refractivity contribution in [2.24, 2.45) is 0 Å². The second kappa shape index (κ2) is 9.14. The van der Waals surface area contributed by atoms with E-state index < -0.39 is 0 Å². The molecule has 3 aromatic carbocycles. The predicted molar refractivity (Wildman–Crippen MR) is 133 cm³/mol. The van der Waals surface area contributed by atoms with Crippen molar-refractivity contribution >= 4 is 17.2 Å². The molecule has 2 aliphatic rings. The quantitative estimate of drug-likeness (QED) is 0.514. The average molecular weight is 457 g/mol. The van der Waals surface area contributed by atoms with E-state index in [-0.39, 0.29) is 17.7 Å². The molecule has 0 aromatic heterocycles. The number of anilines is 2. The molecule has 0 fully saturated rings. The van der Waals surface area contributed by atoms with Gasteiger partial charge in [0.05, 0.1) is 38.7 Å². The highest BCUT2D eigenvalue weighted by Gasteiger charge is 2.37. The highest BCUT2D eigenvalue weighted by atomic mass is 16.5. The van der Waals surface area contributed by atoms with Crippen LogP contribution in [0.15, 0.2) is 78.0 Å². The van der Waals surface area contributed by atoms with Crippen molar-refractivity contribution in [2.75, 3.05) is 32.0 Å². The molecule has 0 radical (unpaired) electrons. The summed E-state index contributed by atoms with van der Waals surface area (Å²) in [4.78, 5) is 13.8. The molecule has 0 saturated heterocycles. The Morgan fingerprint density at radius 3 is 2.24 bits per heavy atom. The van der Waals surface area contributed by atoms with Crippen molar-refractivity contribution in [3.63, 3.8) is 0 Å². The molecule has 2 atom stereocenters. The number of carbonyl (C=O) groups excluding carboxylic acids is 1. The summed E-state index contributed by atoms with van der Waals surface area (Å²) in [6.45, 7) is 0. The molecule has 34 heavy (non-hydrogen) atoms. The Labute approximate surface area is 199 Å². The summed E-state index contributed by atoms with van der Waals surface area (Å²) < 4.78 is 16.8. The second-order valence-corrected chi connectivity index (χ2v) is 8.52. The van der Waals surface area contributed by atoms with E-state index in [9.17, 15) is 4.79 Å². The lowest BCUT2D eigenvalue weighted by molar-refractivity contribution is -0.116. The minimum atomic E-state index is -0.387. The number of hydrogen-bond donors (Lipinski definition) is 2. The first-order chi connectivity index (χ1) is 16.6. The zero-order chi connectivity index (χ0) is 23.7. The van der Waals surface area contributed by atoms with Gasteiger partial charge < -0.3 is 24.8 Å². The van der Waals surface area contributed by atoms with Crippen molar-refractivity contribution in [2.45, 2.75) is 24.8 Å². The normalized spacial score (nSPS) is 19.2. The van der Waals surface area contributed by atoms with Gasteiger partial charge in [-0.25, -0.2) is 0 Å². The van der Waals surface area contributed by atoms with Gasteiger partial charge in [0, 0.05) is 29.2 Å². The number of fused-ring (bicyclic) bond motifs is 1. The van der Waals surface area contributed by atoms with Crippen molar-refractivity contribution in [1.82, 2.24) is 0 Å². The first-order valence-electron chi connectivity index (χ1n) is 11.4. The van der Waals surface area contributed by atoms with Gasteiger partial charge in [-0.1, -0.05) is 30.3 Å². The first-order valence-corrected chi connectivity index (χ1v) is 11.4. The van der Waals surface area contributed by atoms with Crippen LogP contribution < -0.4 is 24.8 Å². The predicted octanol–water partition coefficient (Wildman–Crippen LogP) is 5.69. The molecule has 0 saturated carbocycles. The smallest absolute Gasteiger partial charge is 0.163 e. The van der Waals surface area contributed by atoms with Crippen LogP contribution in [-0.4, -0.2) is 27.1 Å². The van der Waals surface area contributed by atoms with Crippen LogP contribution in [-0.2, 0) is 4.79 Å². The van der Waals surface area contributed by atoms with Crippen LogP contribution in [0.1, 0.15) is 35.9 Å². The van der Waals surface area contributed by atoms with E-state index >= 15 is 0 Å². The number of rotatable bonds is 5. The van der Waals surface area contributed by atoms with Crippen molar-refractivity contribution in [3.8, 4) is 17.2 Å². The Kier molecular flexibility index (Phi) is 5.88. The number of allylic oxidation sites excluding steroid dienone is 1. The van der Waals surface area contributed by atoms with Gasteiger partial charge in [-0.15, -0.1) is 0 Å². The Bertz CT molecular complexity index is 1270. The SMILES string of the molecule is COc1ccc(OC)c(C2Nc3ccccc3NC3=C2C(=O)CC(c2ccccc2OC)C3)c1. The molecule has 2 N–H and O–H groups in total. The van der Waals surface area contributed by atoms with Gasteiger partial charge in [0.25, 0.3) is 0 Å². The van der Waals surface area contributed by atoms with Gasteiger partial charge >= 0.3 is 0 Å². The van der Waals surface area contributed by atoms with Crippen molar-refractivity contribution in [3.05, 3.63) is 89.1 Å². The molecule has 1 aliphatic heterocycles. The molecule has 0 spiro atoms. The van der Waals surface area contributed by atoms with E-state index in [2.05, 4.69) is 10.6 Å². The number of Topliss-reactive ketones (excluding diaryl/α,β-unsaturated/α-hetero) is 1. The first kappa shape index (κ1) is 21.9. The van der Waals surface area contributed by atoms with Gasteiger partial charge in [0.2, 0.25) is 0 Å². The molecule has 6 nitrogen and oxygen atoms in total. The fraction of sp³-hybridized carbons (Fsp3) is 0.250. The maximum Gasteiger partial charge on any atom is 0.163 e. The monoisotopic (exact) mass is 456 g/mol. The molecule has 3 aromatic rings. The van der Waals surface area contributed by atoms with Crippen LogP contribution in [0.25, 0.3) is 0 Å². The maximum atomic E-state index is 13.8. The summed E-state index contributed by atoms with van der Waals surface area (Å²) in [6.07, 6.45) is 1.10. The summed E-state index contributed by atoms with van der Waals surface area (Å²) in [5.74, 6) is 2.33. The van der Waals surface area contributed by atoms with Gasteiger partial charge in [-0.2, -0.15) is 0 Å². The molecule has 5 rings (SSSR count). The third-order valence-electron chi connectivity index (χ3n) is 6.64. The lowest BCUT2D eigenvalue weighted by Gasteiger charge is -2.31. The topological polar surface area (TPSA) is 68.8 Å². The highest BCUT2D eigenvalue weighted by molar-refractivity contribution is 6.01. The molecule has 0 amide bonds. The number of methoxy groups -OCH3 is 3. The van der Waals surface area contributed by atoms with Crippen LogP contribution in [0.3, 0.4) is 0 Å². The zero-order valence-electron chi connectivity index (χ0n) is 19.6. The summed E-state index contributed by atoms with van der Waals surface area (Å²) >= 11 is 0. The number of carbonyl (C=O) groups is 1. The zero-order valence-corrected chi connectivity index (χ0v) is 19.6. The molecule has 174 valence electrons. The minimum absolute atomic E-state index is 0.0213. The Morgan fingerprint density at radius 2 is 1.47 bits per heavy atom. The second-order valence-electron chi connectivity index (χ2n) is 8.52. The lowest BCUT2D eigenvalue weighted by Crippen LogP contribution is -2.27. The fourth-order valence-electron chi connectivity index (χ4n) is 5.01. The standard InChI is InChI=1S/C28H28N2O4/c1-32-18-12-13-26(34-3)20(16-18)28-27-23(29-21-9-5-6-10-22(21)30-28)14-17(15-24(27)31)19-8-4-7-11-25(19)33-2/h4-13,16-17,28-30H,14-15H2,1-3H3. The molecule has 2 unspecified atom stereocenters. The number of nitrogens with one attached hydrogen (secondary N) is 2. The molecule has 1 aliphatic carbocycles. The molecule has 0 bridgehead atoms. The number of ketones is 1. The number of para-hydroxylation sites is 3. The van der Waals surface area contributed by atoms with Gasteiger partial charge in [0.1, 0.15) is 17.2 Å². The summed E-state index contributed by atoms with van der Waals surface area (Å²) in [7, 11) is 4.95. The van der Waals surface area contributed by atoms with Crippen LogP contribution in [0.2, 0.25) is 0 Å². The molecular formula is C28H28N2O4. The third-order valence-corrected chi connectivity index (χ3v) is 6.64. The largest absolute Gasteiger partial charge is 0.497 e. The van der Waals surface area contributed by atoms with E-state index in [0.29, 0.717) is 24.3 Å². The van der Waals surface area contributed by atoms with Crippen molar-refractivity contribution in [1.29, 1.82) is 0 Å². The van der Waals surface area contributed by atoms with E-state index in [4.69, 9.17) is 14.2 Å². The third kappa shape index (κ3) is 3.85. The maximum absolute atomic E-state index is 13.8. The summed E-state index contributed by atoms with van der Waals surface area (Å²) in [5, 5.41) is 7.19. The summed E-state index contributed by atoms with van der Waals surface area (Å²) in [6, 6.07) is 21.2. The Hall–Kier alpha value is -3.93. The number of ether oxygens (including phenoxy) is 3. The van der Waals surface area contributed by atoms with E-state index in [1.165, 1.54) is 0 Å².